The van der Waals surface area contributed by atoms with E-state index in [4.69, 9.17) is 4.52 Å². The molecule has 0 aliphatic carbocycles. The van der Waals surface area contributed by atoms with Crippen LogP contribution in [0.3, 0.4) is 0 Å². The topological polar surface area (TPSA) is 74.5 Å². The average molecular weight is 418 g/mol. The Morgan fingerprint density at radius 3 is 2.97 bits per heavy atom. The fourth-order valence-electron chi connectivity index (χ4n) is 3.54. The largest absolute Gasteiger partial charge is 0.371 e. The fourth-order valence-corrected chi connectivity index (χ4v) is 4.29. The third kappa shape index (κ3) is 6.47. The molecule has 8 heteroatoms. The van der Waals surface area contributed by atoms with Gasteiger partial charge in [0.25, 0.3) is 0 Å². The number of likely N-dealkylation sites (N-methyl/N-ethyl adjacent to an activating group) is 1. The zero-order valence-corrected chi connectivity index (χ0v) is 18.3. The van der Waals surface area contributed by atoms with Crippen molar-refractivity contribution in [2.75, 3.05) is 43.9 Å². The van der Waals surface area contributed by atoms with Gasteiger partial charge in [-0.2, -0.15) is 16.7 Å². The Balaban J connectivity index is 1.37. The van der Waals surface area contributed by atoms with E-state index >= 15 is 0 Å². The van der Waals surface area contributed by atoms with Crippen molar-refractivity contribution in [1.82, 2.24) is 20.4 Å². The number of para-hydroxylation sites is 1. The monoisotopic (exact) mass is 417 g/mol. The van der Waals surface area contributed by atoms with Crippen molar-refractivity contribution in [3.63, 3.8) is 0 Å². The van der Waals surface area contributed by atoms with Crippen molar-refractivity contribution in [3.8, 4) is 0 Å². The first kappa shape index (κ1) is 21.6. The molecule has 7 nitrogen and oxygen atoms in total. The van der Waals surface area contributed by atoms with Crippen molar-refractivity contribution < 1.29 is 9.32 Å². The number of amides is 1. The summed E-state index contributed by atoms with van der Waals surface area (Å²) in [7, 11) is 1.89. The molecule has 2 heterocycles. The van der Waals surface area contributed by atoms with Gasteiger partial charge >= 0.3 is 0 Å². The molecule has 2 atom stereocenters. The van der Waals surface area contributed by atoms with Crippen molar-refractivity contribution in [3.05, 3.63) is 42.0 Å². The molecule has 1 N–H and O–H groups in total. The van der Waals surface area contributed by atoms with Crippen LogP contribution in [0.15, 0.2) is 34.9 Å². The Labute approximate surface area is 177 Å². The van der Waals surface area contributed by atoms with Crippen molar-refractivity contribution >= 4 is 23.4 Å². The first-order chi connectivity index (χ1) is 14.0. The van der Waals surface area contributed by atoms with Gasteiger partial charge in [0.15, 0.2) is 5.82 Å². The Morgan fingerprint density at radius 1 is 1.41 bits per heavy atom. The third-order valence-corrected chi connectivity index (χ3v) is 6.12. The molecule has 2 aromatic rings. The van der Waals surface area contributed by atoms with Gasteiger partial charge in [0.05, 0.1) is 18.3 Å². The summed E-state index contributed by atoms with van der Waals surface area (Å²) < 4.78 is 5.33. The lowest BCUT2D eigenvalue weighted by atomic mass is 10.1. The number of aromatic nitrogens is 2. The zero-order valence-electron chi connectivity index (χ0n) is 17.5. The van der Waals surface area contributed by atoms with Crippen LogP contribution in [0, 0.1) is 5.92 Å². The number of thioether (sulfide) groups is 1. The molecule has 1 aromatic carbocycles. The Bertz CT molecular complexity index is 769. The second-order valence-corrected chi connectivity index (χ2v) is 9.17. The smallest absolute Gasteiger partial charge is 0.240 e. The SMILES string of the molecule is CCSC(C)c1noc(CN(C)CC(=O)NCC2CCN(c3ccccc3)C2)n1. The number of nitrogens with zero attached hydrogens (tertiary/aromatic N) is 4. The second-order valence-electron chi connectivity index (χ2n) is 7.56. The van der Waals surface area contributed by atoms with Gasteiger partial charge in [0.2, 0.25) is 11.8 Å². The van der Waals surface area contributed by atoms with Crippen LogP contribution < -0.4 is 10.2 Å². The summed E-state index contributed by atoms with van der Waals surface area (Å²) in [4.78, 5) is 21.0. The lowest BCUT2D eigenvalue weighted by Gasteiger charge is -2.19. The van der Waals surface area contributed by atoms with Gasteiger partial charge in [0.1, 0.15) is 0 Å². The van der Waals surface area contributed by atoms with Crippen molar-refractivity contribution in [2.45, 2.75) is 32.1 Å². The fraction of sp³-hybridized carbons (Fsp3) is 0.571. The standard InChI is InChI=1S/C21H31N5O2S/c1-4-29-16(2)21-23-20(28-24-21)15-25(3)14-19(27)22-12-17-10-11-26(13-17)18-8-6-5-7-9-18/h5-9,16-17H,4,10-15H2,1-3H3,(H,22,27). The molecule has 3 rings (SSSR count). The van der Waals surface area contributed by atoms with E-state index in [0.717, 1.165) is 25.3 Å². The average Bonchev–Trinajstić information content (AvgIpc) is 3.37. The first-order valence-electron chi connectivity index (χ1n) is 10.2. The van der Waals surface area contributed by atoms with Crippen LogP contribution in [0.5, 0.6) is 0 Å². The van der Waals surface area contributed by atoms with Gasteiger partial charge < -0.3 is 14.7 Å². The maximum Gasteiger partial charge on any atom is 0.240 e. The van der Waals surface area contributed by atoms with Gasteiger partial charge in [0, 0.05) is 25.3 Å². The van der Waals surface area contributed by atoms with Crippen LogP contribution in [0.25, 0.3) is 0 Å². The van der Waals surface area contributed by atoms with Gasteiger partial charge in [-0.25, -0.2) is 0 Å². The molecule has 158 valence electrons. The van der Waals surface area contributed by atoms with Crippen LogP contribution in [0.2, 0.25) is 0 Å². The molecule has 1 aromatic heterocycles. The van der Waals surface area contributed by atoms with E-state index in [9.17, 15) is 4.79 Å². The number of rotatable bonds is 10. The molecule has 1 aliphatic rings. The van der Waals surface area contributed by atoms with Crippen LogP contribution in [0.1, 0.15) is 37.2 Å². The summed E-state index contributed by atoms with van der Waals surface area (Å²) in [5.74, 6) is 2.79. The van der Waals surface area contributed by atoms with Gasteiger partial charge in [-0.3, -0.25) is 9.69 Å². The molecule has 29 heavy (non-hydrogen) atoms. The maximum atomic E-state index is 12.3. The van der Waals surface area contributed by atoms with Crippen LogP contribution >= 0.6 is 11.8 Å². The lowest BCUT2D eigenvalue weighted by molar-refractivity contribution is -0.122. The van der Waals surface area contributed by atoms with Crippen molar-refractivity contribution in [1.29, 1.82) is 0 Å². The molecule has 1 amide bonds. The molecule has 2 unspecified atom stereocenters. The highest BCUT2D eigenvalue weighted by molar-refractivity contribution is 7.99. The summed E-state index contributed by atoms with van der Waals surface area (Å²) in [5.41, 5.74) is 1.26. The molecular weight excluding hydrogens is 386 g/mol. The van der Waals surface area contributed by atoms with E-state index in [1.807, 2.05) is 18.0 Å². The van der Waals surface area contributed by atoms with E-state index in [2.05, 4.69) is 58.5 Å². The highest BCUT2D eigenvalue weighted by Gasteiger charge is 2.23. The maximum absolute atomic E-state index is 12.3. The van der Waals surface area contributed by atoms with Crippen LogP contribution in [-0.2, 0) is 11.3 Å². The summed E-state index contributed by atoms with van der Waals surface area (Å²) >= 11 is 1.78. The number of hydrogen-bond donors (Lipinski definition) is 1. The minimum atomic E-state index is 0.0281. The minimum absolute atomic E-state index is 0.0281. The van der Waals surface area contributed by atoms with E-state index in [0.29, 0.717) is 37.3 Å². The first-order valence-corrected chi connectivity index (χ1v) is 11.3. The molecule has 1 aliphatic heterocycles. The highest BCUT2D eigenvalue weighted by Crippen LogP contribution is 2.25. The summed E-state index contributed by atoms with van der Waals surface area (Å²) in [6.45, 7) is 7.70. The van der Waals surface area contributed by atoms with Gasteiger partial charge in [-0.15, -0.1) is 0 Å². The molecule has 0 saturated carbocycles. The number of anilines is 1. The van der Waals surface area contributed by atoms with Gasteiger partial charge in [-0.05, 0) is 44.2 Å². The van der Waals surface area contributed by atoms with Gasteiger partial charge in [-0.1, -0.05) is 30.3 Å². The predicted molar refractivity (Wildman–Crippen MR) is 117 cm³/mol. The summed E-state index contributed by atoms with van der Waals surface area (Å²) in [6.07, 6.45) is 1.10. The quantitative estimate of drug-likeness (QED) is 0.637. The Kier molecular flexibility index (Phi) is 7.94. The lowest BCUT2D eigenvalue weighted by Crippen LogP contribution is -2.38. The number of nitrogens with one attached hydrogen (secondary N) is 1. The van der Waals surface area contributed by atoms with E-state index < -0.39 is 0 Å². The van der Waals surface area contributed by atoms with E-state index in [1.54, 1.807) is 11.8 Å². The third-order valence-electron chi connectivity index (χ3n) is 5.08. The predicted octanol–water partition coefficient (Wildman–Crippen LogP) is 2.96. The highest BCUT2D eigenvalue weighted by atomic mass is 32.2. The van der Waals surface area contributed by atoms with E-state index in [-0.39, 0.29) is 11.2 Å². The van der Waals surface area contributed by atoms with Crippen LogP contribution in [0.4, 0.5) is 5.69 Å². The second kappa shape index (κ2) is 10.6. The van der Waals surface area contributed by atoms with Crippen LogP contribution in [-0.4, -0.2) is 59.9 Å². The summed E-state index contributed by atoms with van der Waals surface area (Å²) in [6, 6.07) is 10.4. The molecule has 0 radical (unpaired) electrons. The number of carbonyl (C=O) groups excluding carboxylic acids is 1. The summed E-state index contributed by atoms with van der Waals surface area (Å²) in [5, 5.41) is 7.34. The molecule has 1 saturated heterocycles. The Hall–Kier alpha value is -2.06. The number of benzene rings is 1. The molecule has 0 bridgehead atoms. The minimum Gasteiger partial charge on any atom is -0.371 e. The molecule has 1 fully saturated rings. The zero-order chi connectivity index (χ0) is 20.6. The number of hydrogen-bond acceptors (Lipinski definition) is 7. The van der Waals surface area contributed by atoms with E-state index in [1.165, 1.54) is 5.69 Å². The molecular formula is C21H31N5O2S. The number of carbonyl (C=O) groups is 1. The Morgan fingerprint density at radius 2 is 2.21 bits per heavy atom. The normalized spacial score (nSPS) is 17.7. The molecule has 0 spiro atoms. The van der Waals surface area contributed by atoms with Crippen molar-refractivity contribution in [2.24, 2.45) is 5.92 Å².